The van der Waals surface area contributed by atoms with Gasteiger partial charge >= 0.3 is 11.9 Å². The molecule has 2 atom stereocenters. The number of hydrogen-bond acceptors (Lipinski definition) is 5. The van der Waals surface area contributed by atoms with Crippen LogP contribution >= 0.6 is 12.2 Å². The van der Waals surface area contributed by atoms with Crippen LogP contribution in [0.3, 0.4) is 0 Å². The molecule has 1 aliphatic heterocycles. The highest BCUT2D eigenvalue weighted by atomic mass is 32.1. The van der Waals surface area contributed by atoms with Crippen molar-refractivity contribution in [1.29, 1.82) is 0 Å². The van der Waals surface area contributed by atoms with Crippen molar-refractivity contribution < 1.29 is 24.2 Å². The number of aromatic carboxylic acids is 2. The standard InChI is InChI=1S/C22H19N3O5S/c1-2-25-19(18(24-22(25)31)15-5-3-4-8-23-15)17-7-6-16(30-17)12-9-13(20(26)27)11-14(10-12)21(28)29/h3-11,18-19H,2H2,1H3,(H,24,31)(H,26,27)(H,28,29)/t18-,19-/m1/s1. The zero-order valence-electron chi connectivity index (χ0n) is 16.5. The largest absolute Gasteiger partial charge is 0.478 e. The van der Waals surface area contributed by atoms with E-state index in [1.54, 1.807) is 18.3 Å². The van der Waals surface area contributed by atoms with Gasteiger partial charge in [-0.25, -0.2) is 9.59 Å². The average Bonchev–Trinajstić information content (AvgIpc) is 3.38. The zero-order chi connectivity index (χ0) is 22.1. The Labute approximate surface area is 183 Å². The van der Waals surface area contributed by atoms with E-state index in [4.69, 9.17) is 16.6 Å². The molecular weight excluding hydrogens is 418 g/mol. The van der Waals surface area contributed by atoms with E-state index in [0.29, 0.717) is 28.7 Å². The number of furan rings is 1. The Balaban J connectivity index is 1.76. The molecule has 0 spiro atoms. The van der Waals surface area contributed by atoms with Crippen LogP contribution in [0.2, 0.25) is 0 Å². The van der Waals surface area contributed by atoms with Crippen molar-refractivity contribution in [2.45, 2.75) is 19.0 Å². The number of nitrogens with zero attached hydrogens (tertiary/aromatic N) is 2. The summed E-state index contributed by atoms with van der Waals surface area (Å²) in [6.45, 7) is 2.63. The summed E-state index contributed by atoms with van der Waals surface area (Å²) in [6, 6.07) is 12.6. The quantitative estimate of drug-likeness (QED) is 0.496. The van der Waals surface area contributed by atoms with E-state index in [9.17, 15) is 19.8 Å². The fourth-order valence-electron chi connectivity index (χ4n) is 3.74. The molecule has 0 radical (unpaired) electrons. The first-order valence-corrected chi connectivity index (χ1v) is 9.99. The van der Waals surface area contributed by atoms with E-state index in [2.05, 4.69) is 10.3 Å². The molecule has 0 unspecified atom stereocenters. The molecule has 0 bridgehead atoms. The number of rotatable bonds is 6. The molecule has 4 rings (SSSR count). The highest BCUT2D eigenvalue weighted by Crippen LogP contribution is 2.40. The zero-order valence-corrected chi connectivity index (χ0v) is 17.3. The van der Waals surface area contributed by atoms with Crippen LogP contribution in [-0.4, -0.2) is 43.7 Å². The Morgan fingerprint density at radius 1 is 1.13 bits per heavy atom. The molecule has 0 aliphatic carbocycles. The predicted octanol–water partition coefficient (Wildman–Crippen LogP) is 3.73. The number of thiocarbonyl (C=S) groups is 1. The van der Waals surface area contributed by atoms with E-state index < -0.39 is 11.9 Å². The molecule has 3 aromatic rings. The highest BCUT2D eigenvalue weighted by molar-refractivity contribution is 7.80. The third-order valence-electron chi connectivity index (χ3n) is 5.17. The van der Waals surface area contributed by atoms with Crippen LogP contribution in [0.25, 0.3) is 11.3 Å². The van der Waals surface area contributed by atoms with Gasteiger partial charge in [0.2, 0.25) is 0 Å². The lowest BCUT2D eigenvalue weighted by Gasteiger charge is -2.24. The smallest absolute Gasteiger partial charge is 0.335 e. The van der Waals surface area contributed by atoms with Crippen molar-refractivity contribution >= 4 is 29.3 Å². The van der Waals surface area contributed by atoms with Crippen LogP contribution in [0.15, 0.2) is 59.1 Å². The van der Waals surface area contributed by atoms with Crippen molar-refractivity contribution in [3.8, 4) is 11.3 Å². The number of nitrogens with one attached hydrogen (secondary N) is 1. The summed E-state index contributed by atoms with van der Waals surface area (Å²) in [4.78, 5) is 29.3. The van der Waals surface area contributed by atoms with Gasteiger partial charge in [-0.3, -0.25) is 4.98 Å². The lowest BCUT2D eigenvalue weighted by molar-refractivity contribution is 0.0696. The summed E-state index contributed by atoms with van der Waals surface area (Å²) in [5.74, 6) is -1.45. The Morgan fingerprint density at radius 3 is 2.42 bits per heavy atom. The number of likely N-dealkylation sites (N-methyl/N-ethyl adjacent to an activating group) is 1. The van der Waals surface area contributed by atoms with Gasteiger partial charge in [0.15, 0.2) is 5.11 Å². The second kappa shape index (κ2) is 8.19. The van der Waals surface area contributed by atoms with E-state index in [0.717, 1.165) is 11.8 Å². The van der Waals surface area contributed by atoms with Crippen LogP contribution in [0.4, 0.5) is 0 Å². The van der Waals surface area contributed by atoms with Gasteiger partial charge in [-0.05, 0) is 61.6 Å². The monoisotopic (exact) mass is 437 g/mol. The second-order valence-corrected chi connectivity index (χ2v) is 7.41. The number of benzene rings is 1. The molecule has 158 valence electrons. The number of hydrogen-bond donors (Lipinski definition) is 3. The lowest BCUT2D eigenvalue weighted by atomic mass is 10.0. The Kier molecular flexibility index (Phi) is 5.43. The third-order valence-corrected chi connectivity index (χ3v) is 5.52. The lowest BCUT2D eigenvalue weighted by Crippen LogP contribution is -2.29. The summed E-state index contributed by atoms with van der Waals surface area (Å²) in [7, 11) is 0. The van der Waals surface area contributed by atoms with Gasteiger partial charge in [0, 0.05) is 18.3 Å². The molecular formula is C22H19N3O5S. The third kappa shape index (κ3) is 3.87. The summed E-state index contributed by atoms with van der Waals surface area (Å²) in [5.41, 5.74) is 0.926. The first-order valence-electron chi connectivity index (χ1n) is 9.59. The molecule has 8 nitrogen and oxygen atoms in total. The Bertz CT molecular complexity index is 1130. The van der Waals surface area contributed by atoms with E-state index >= 15 is 0 Å². The molecule has 31 heavy (non-hydrogen) atoms. The maximum absolute atomic E-state index is 11.4. The average molecular weight is 437 g/mol. The van der Waals surface area contributed by atoms with Gasteiger partial charge in [-0.1, -0.05) is 6.07 Å². The Morgan fingerprint density at radius 2 is 1.84 bits per heavy atom. The molecule has 0 saturated carbocycles. The summed E-state index contributed by atoms with van der Waals surface area (Å²) >= 11 is 5.50. The van der Waals surface area contributed by atoms with Crippen LogP contribution in [0.5, 0.6) is 0 Å². The maximum Gasteiger partial charge on any atom is 0.335 e. The van der Waals surface area contributed by atoms with E-state index in [1.807, 2.05) is 30.0 Å². The number of carboxylic acids is 2. The van der Waals surface area contributed by atoms with Crippen molar-refractivity contribution in [3.63, 3.8) is 0 Å². The molecule has 1 fully saturated rings. The fraction of sp³-hybridized carbons (Fsp3) is 0.182. The fourth-order valence-corrected chi connectivity index (χ4v) is 4.11. The van der Waals surface area contributed by atoms with Crippen molar-refractivity contribution in [1.82, 2.24) is 15.2 Å². The van der Waals surface area contributed by atoms with Gasteiger partial charge < -0.3 is 24.8 Å². The molecule has 2 aromatic heterocycles. The van der Waals surface area contributed by atoms with Gasteiger partial charge in [-0.15, -0.1) is 0 Å². The molecule has 3 N–H and O–H groups in total. The summed E-state index contributed by atoms with van der Waals surface area (Å²) in [6.07, 6.45) is 1.71. The predicted molar refractivity (Wildman–Crippen MR) is 116 cm³/mol. The number of carbonyl (C=O) groups is 2. The number of aromatic nitrogens is 1. The normalized spacial score (nSPS) is 18.1. The molecule has 0 amide bonds. The van der Waals surface area contributed by atoms with Crippen molar-refractivity contribution in [3.05, 3.63) is 77.3 Å². The molecule has 1 aromatic carbocycles. The second-order valence-electron chi connectivity index (χ2n) is 7.02. The first-order chi connectivity index (χ1) is 14.9. The van der Waals surface area contributed by atoms with Crippen LogP contribution in [-0.2, 0) is 0 Å². The molecule has 3 heterocycles. The van der Waals surface area contributed by atoms with Gasteiger partial charge in [0.25, 0.3) is 0 Å². The molecule has 9 heteroatoms. The topological polar surface area (TPSA) is 116 Å². The van der Waals surface area contributed by atoms with E-state index in [-0.39, 0.29) is 23.2 Å². The highest BCUT2D eigenvalue weighted by Gasteiger charge is 2.40. The van der Waals surface area contributed by atoms with Crippen molar-refractivity contribution in [2.24, 2.45) is 0 Å². The van der Waals surface area contributed by atoms with Gasteiger partial charge in [0.1, 0.15) is 17.6 Å². The molecule has 1 saturated heterocycles. The van der Waals surface area contributed by atoms with Crippen LogP contribution in [0.1, 0.15) is 51.2 Å². The SMILES string of the molecule is CCN1C(=S)N[C@H](c2ccccn2)[C@H]1c1ccc(-c2cc(C(=O)O)cc(C(=O)O)c2)o1. The van der Waals surface area contributed by atoms with Gasteiger partial charge in [0.05, 0.1) is 22.9 Å². The minimum atomic E-state index is -1.21. The first kappa shape index (κ1) is 20.5. The summed E-state index contributed by atoms with van der Waals surface area (Å²) in [5, 5.41) is 22.6. The maximum atomic E-state index is 11.4. The number of carboxylic acid groups (broad SMARTS) is 2. The van der Waals surface area contributed by atoms with E-state index in [1.165, 1.54) is 12.1 Å². The molecule has 1 aliphatic rings. The number of pyridine rings is 1. The van der Waals surface area contributed by atoms with Gasteiger partial charge in [-0.2, -0.15) is 0 Å². The Hall–Kier alpha value is -3.72. The van der Waals surface area contributed by atoms with Crippen molar-refractivity contribution in [2.75, 3.05) is 6.54 Å². The van der Waals surface area contributed by atoms with Crippen LogP contribution < -0.4 is 5.32 Å². The summed E-state index contributed by atoms with van der Waals surface area (Å²) < 4.78 is 6.10. The minimum Gasteiger partial charge on any atom is -0.478 e. The minimum absolute atomic E-state index is 0.127. The van der Waals surface area contributed by atoms with Crippen LogP contribution in [0, 0.1) is 0 Å².